The molecule has 0 aromatic heterocycles. The first-order chi connectivity index (χ1) is 10.1. The van der Waals surface area contributed by atoms with Crippen LogP contribution in [0.5, 0.6) is 0 Å². The van der Waals surface area contributed by atoms with Gasteiger partial charge in [0.1, 0.15) is 6.04 Å². The minimum Gasteiger partial charge on any atom is -0.351 e. The molecule has 21 heavy (non-hydrogen) atoms. The van der Waals surface area contributed by atoms with E-state index in [0.29, 0.717) is 18.1 Å². The van der Waals surface area contributed by atoms with E-state index in [9.17, 15) is 9.59 Å². The minimum atomic E-state index is -0.251. The molecule has 5 nitrogen and oxygen atoms in total. The van der Waals surface area contributed by atoms with Gasteiger partial charge in [-0.3, -0.25) is 14.5 Å². The lowest BCUT2D eigenvalue weighted by atomic mass is 10.2. The largest absolute Gasteiger partial charge is 0.351 e. The molecule has 2 fully saturated rings. The molecule has 2 amide bonds. The van der Waals surface area contributed by atoms with E-state index in [2.05, 4.69) is 5.32 Å². The van der Waals surface area contributed by atoms with Crippen molar-refractivity contribution in [3.8, 4) is 0 Å². The Bertz CT molecular complexity index is 599. The predicted octanol–water partition coefficient (Wildman–Crippen LogP) is 1.42. The highest BCUT2D eigenvalue weighted by Crippen LogP contribution is 2.22. The van der Waals surface area contributed by atoms with E-state index >= 15 is 0 Å². The number of hydrogen-bond donors (Lipinski definition) is 1. The molecule has 0 bridgehead atoms. The lowest BCUT2D eigenvalue weighted by Gasteiger charge is -2.18. The Balaban J connectivity index is 1.71. The molecule has 2 saturated heterocycles. The summed E-state index contributed by atoms with van der Waals surface area (Å²) in [7, 11) is 0. The lowest BCUT2D eigenvalue weighted by Crippen LogP contribution is -2.30. The highest BCUT2D eigenvalue weighted by atomic mass is 32.1. The van der Waals surface area contributed by atoms with Gasteiger partial charge >= 0.3 is 0 Å². The topological polar surface area (TPSA) is 52.6 Å². The van der Waals surface area contributed by atoms with Crippen LogP contribution in [0.25, 0.3) is 0 Å². The van der Waals surface area contributed by atoms with Crippen LogP contribution in [0.4, 0.5) is 5.69 Å². The van der Waals surface area contributed by atoms with Crippen LogP contribution < -0.4 is 10.2 Å². The number of benzene rings is 1. The number of thiocarbonyl (C=S) groups is 1. The second kappa shape index (κ2) is 5.44. The molecular formula is C15H17N3O2S. The third kappa shape index (κ3) is 2.63. The molecule has 2 heterocycles. The SMILES string of the molecule is C[C@H]1NC(=S)N(Cc2ccc(N3CCCC3=O)cc2)C1=O. The van der Waals surface area contributed by atoms with Gasteiger partial charge in [0.2, 0.25) is 5.91 Å². The average molecular weight is 303 g/mol. The van der Waals surface area contributed by atoms with E-state index in [1.807, 2.05) is 24.3 Å². The van der Waals surface area contributed by atoms with Crippen LogP contribution in [0.3, 0.4) is 0 Å². The lowest BCUT2D eigenvalue weighted by molar-refractivity contribution is -0.127. The number of anilines is 1. The van der Waals surface area contributed by atoms with Gasteiger partial charge in [-0.2, -0.15) is 0 Å². The summed E-state index contributed by atoms with van der Waals surface area (Å²) in [6.45, 7) is 3.05. The van der Waals surface area contributed by atoms with Crippen molar-refractivity contribution < 1.29 is 9.59 Å². The fraction of sp³-hybridized carbons (Fsp3) is 0.400. The maximum Gasteiger partial charge on any atom is 0.251 e. The zero-order chi connectivity index (χ0) is 15.0. The van der Waals surface area contributed by atoms with Gasteiger partial charge in [0.05, 0.1) is 6.54 Å². The van der Waals surface area contributed by atoms with E-state index < -0.39 is 0 Å². The summed E-state index contributed by atoms with van der Waals surface area (Å²) in [5.41, 5.74) is 1.92. The molecule has 0 unspecified atom stereocenters. The van der Waals surface area contributed by atoms with Crippen molar-refractivity contribution in [1.82, 2.24) is 10.2 Å². The van der Waals surface area contributed by atoms with E-state index in [1.54, 1.807) is 16.7 Å². The van der Waals surface area contributed by atoms with Crippen LogP contribution in [0.1, 0.15) is 25.3 Å². The van der Waals surface area contributed by atoms with Crippen LogP contribution in [-0.4, -0.2) is 34.4 Å². The highest BCUT2D eigenvalue weighted by molar-refractivity contribution is 7.80. The number of carbonyl (C=O) groups is 2. The monoisotopic (exact) mass is 303 g/mol. The highest BCUT2D eigenvalue weighted by Gasteiger charge is 2.32. The van der Waals surface area contributed by atoms with Crippen molar-refractivity contribution >= 4 is 34.8 Å². The van der Waals surface area contributed by atoms with Crippen LogP contribution in [0, 0.1) is 0 Å². The maximum atomic E-state index is 12.0. The number of carbonyl (C=O) groups excluding carboxylic acids is 2. The Morgan fingerprint density at radius 3 is 2.52 bits per heavy atom. The fourth-order valence-electron chi connectivity index (χ4n) is 2.69. The average Bonchev–Trinajstić information content (AvgIpc) is 2.99. The van der Waals surface area contributed by atoms with Crippen LogP contribution >= 0.6 is 12.2 Å². The van der Waals surface area contributed by atoms with Crippen LogP contribution in [0.15, 0.2) is 24.3 Å². The molecule has 2 aliphatic heterocycles. The van der Waals surface area contributed by atoms with Gasteiger partial charge in [-0.1, -0.05) is 12.1 Å². The summed E-state index contributed by atoms with van der Waals surface area (Å²) in [6.07, 6.45) is 1.54. The van der Waals surface area contributed by atoms with E-state index in [-0.39, 0.29) is 17.9 Å². The minimum absolute atomic E-state index is 0.00111. The standard InChI is InChI=1S/C15H17N3O2S/c1-10-14(20)18(15(21)16-10)9-11-4-6-12(7-5-11)17-8-2-3-13(17)19/h4-7,10H,2-3,8-9H2,1H3,(H,16,21)/t10-/m1/s1. The smallest absolute Gasteiger partial charge is 0.251 e. The Kier molecular flexibility index (Phi) is 3.63. The van der Waals surface area contributed by atoms with Crippen molar-refractivity contribution in [3.63, 3.8) is 0 Å². The third-order valence-corrected chi connectivity index (χ3v) is 4.22. The molecule has 1 N–H and O–H groups in total. The molecule has 110 valence electrons. The van der Waals surface area contributed by atoms with Gasteiger partial charge in [-0.25, -0.2) is 0 Å². The van der Waals surface area contributed by atoms with E-state index in [1.165, 1.54) is 0 Å². The molecular weight excluding hydrogens is 286 g/mol. The van der Waals surface area contributed by atoms with Crippen LogP contribution in [-0.2, 0) is 16.1 Å². The Hall–Kier alpha value is -1.95. The second-order valence-electron chi connectivity index (χ2n) is 5.41. The molecule has 0 radical (unpaired) electrons. The Labute approximate surface area is 128 Å². The van der Waals surface area contributed by atoms with E-state index in [4.69, 9.17) is 12.2 Å². The van der Waals surface area contributed by atoms with Crippen molar-refractivity contribution in [2.45, 2.75) is 32.4 Å². The van der Waals surface area contributed by atoms with Gasteiger partial charge in [0.25, 0.3) is 5.91 Å². The number of nitrogens with zero attached hydrogens (tertiary/aromatic N) is 2. The summed E-state index contributed by atoms with van der Waals surface area (Å²) >= 11 is 5.16. The Morgan fingerprint density at radius 2 is 2.00 bits per heavy atom. The van der Waals surface area contributed by atoms with Crippen molar-refractivity contribution in [1.29, 1.82) is 0 Å². The number of rotatable bonds is 3. The molecule has 0 spiro atoms. The normalized spacial score (nSPS) is 22.1. The van der Waals surface area contributed by atoms with Gasteiger partial charge in [0.15, 0.2) is 5.11 Å². The number of amides is 2. The number of hydrogen-bond acceptors (Lipinski definition) is 3. The quantitative estimate of drug-likeness (QED) is 0.858. The van der Waals surface area contributed by atoms with Crippen molar-refractivity contribution in [3.05, 3.63) is 29.8 Å². The molecule has 1 atom stereocenters. The summed E-state index contributed by atoms with van der Waals surface area (Å²) in [6, 6.07) is 7.50. The molecule has 0 aliphatic carbocycles. The van der Waals surface area contributed by atoms with Gasteiger partial charge in [0, 0.05) is 18.7 Å². The Morgan fingerprint density at radius 1 is 1.29 bits per heavy atom. The van der Waals surface area contributed by atoms with E-state index in [0.717, 1.165) is 24.2 Å². The zero-order valence-electron chi connectivity index (χ0n) is 11.8. The summed E-state index contributed by atoms with van der Waals surface area (Å²) < 4.78 is 0. The first-order valence-corrected chi connectivity index (χ1v) is 7.48. The molecule has 3 rings (SSSR count). The van der Waals surface area contributed by atoms with Crippen molar-refractivity contribution in [2.75, 3.05) is 11.4 Å². The zero-order valence-corrected chi connectivity index (χ0v) is 12.7. The first-order valence-electron chi connectivity index (χ1n) is 7.07. The third-order valence-electron chi connectivity index (χ3n) is 3.88. The molecule has 6 heteroatoms. The predicted molar refractivity (Wildman–Crippen MR) is 83.8 cm³/mol. The molecule has 2 aliphatic rings. The van der Waals surface area contributed by atoms with Gasteiger partial charge in [-0.15, -0.1) is 0 Å². The fourth-order valence-corrected chi connectivity index (χ4v) is 3.02. The maximum absolute atomic E-state index is 12.0. The number of nitrogens with one attached hydrogen (secondary N) is 1. The first kappa shape index (κ1) is 14.0. The molecule has 1 aromatic rings. The van der Waals surface area contributed by atoms with Crippen LogP contribution in [0.2, 0.25) is 0 Å². The summed E-state index contributed by atoms with van der Waals surface area (Å²) in [5.74, 6) is 0.176. The second-order valence-corrected chi connectivity index (χ2v) is 5.80. The van der Waals surface area contributed by atoms with Crippen molar-refractivity contribution in [2.24, 2.45) is 0 Å². The summed E-state index contributed by atoms with van der Waals surface area (Å²) in [4.78, 5) is 27.1. The van der Waals surface area contributed by atoms with Gasteiger partial charge < -0.3 is 10.2 Å². The summed E-state index contributed by atoms with van der Waals surface area (Å²) in [5, 5.41) is 3.43. The molecule has 1 aromatic carbocycles. The van der Waals surface area contributed by atoms with Gasteiger partial charge in [-0.05, 0) is 43.3 Å². The molecule has 0 saturated carbocycles.